The second kappa shape index (κ2) is 7.26. The fraction of sp³-hybridized carbons (Fsp3) is 0.412. The predicted octanol–water partition coefficient (Wildman–Crippen LogP) is 2.85. The van der Waals surface area contributed by atoms with Gasteiger partial charge in [0.1, 0.15) is 18.2 Å². The van der Waals surface area contributed by atoms with Gasteiger partial charge in [0.05, 0.1) is 17.7 Å². The topological polar surface area (TPSA) is 67.0 Å². The van der Waals surface area contributed by atoms with Crippen molar-refractivity contribution in [3.8, 4) is 5.75 Å². The van der Waals surface area contributed by atoms with Crippen LogP contribution in [0.25, 0.3) is 0 Å². The first-order chi connectivity index (χ1) is 10.9. The molecule has 2 N–H and O–H groups in total. The van der Waals surface area contributed by atoms with Crippen LogP contribution in [0.4, 0.5) is 4.39 Å². The minimum absolute atomic E-state index is 0.0761. The molecule has 0 aliphatic rings. The summed E-state index contributed by atoms with van der Waals surface area (Å²) in [7, 11) is 0. The number of hydrogen-bond donors (Lipinski definition) is 2. The zero-order chi connectivity index (χ0) is 17.0. The standard InChI is InChI=1S/C17H22FN3O2/c1-10(9-23-15-7-5-14(18)6-8-15)19-17(22)11(2)16-12(3)20-21-13(16)4/h5-8,10-11H,9H2,1-4H3,(H,19,22)(H,20,21)/t10-,11+/m1/s1. The van der Waals surface area contributed by atoms with E-state index in [1.807, 2.05) is 27.7 Å². The highest BCUT2D eigenvalue weighted by molar-refractivity contribution is 5.84. The Morgan fingerprint density at radius 2 is 1.96 bits per heavy atom. The Labute approximate surface area is 135 Å². The highest BCUT2D eigenvalue weighted by Gasteiger charge is 2.22. The van der Waals surface area contributed by atoms with E-state index in [-0.39, 0.29) is 23.7 Å². The summed E-state index contributed by atoms with van der Waals surface area (Å²) in [5, 5.41) is 9.94. The first kappa shape index (κ1) is 17.0. The number of nitrogens with zero attached hydrogens (tertiary/aromatic N) is 1. The van der Waals surface area contributed by atoms with E-state index in [0.717, 1.165) is 17.0 Å². The molecule has 0 aliphatic heterocycles. The maximum Gasteiger partial charge on any atom is 0.227 e. The molecule has 23 heavy (non-hydrogen) atoms. The van der Waals surface area contributed by atoms with Crippen LogP contribution in [0.2, 0.25) is 0 Å². The molecule has 0 spiro atoms. The maximum absolute atomic E-state index is 12.8. The number of halogens is 1. The highest BCUT2D eigenvalue weighted by Crippen LogP contribution is 2.21. The van der Waals surface area contributed by atoms with Gasteiger partial charge in [0.25, 0.3) is 0 Å². The first-order valence-corrected chi connectivity index (χ1v) is 7.58. The van der Waals surface area contributed by atoms with Gasteiger partial charge >= 0.3 is 0 Å². The average Bonchev–Trinajstić information content (AvgIpc) is 2.85. The van der Waals surface area contributed by atoms with Crippen molar-refractivity contribution >= 4 is 5.91 Å². The number of benzene rings is 1. The largest absolute Gasteiger partial charge is 0.491 e. The molecular weight excluding hydrogens is 297 g/mol. The number of H-pyrrole nitrogens is 1. The third kappa shape index (κ3) is 4.31. The lowest BCUT2D eigenvalue weighted by Gasteiger charge is -2.18. The molecule has 0 aliphatic carbocycles. The Morgan fingerprint density at radius 3 is 2.52 bits per heavy atom. The van der Waals surface area contributed by atoms with Gasteiger partial charge in [0.15, 0.2) is 0 Å². The van der Waals surface area contributed by atoms with Gasteiger partial charge in [-0.1, -0.05) is 0 Å². The van der Waals surface area contributed by atoms with Gasteiger partial charge in [0.2, 0.25) is 5.91 Å². The number of aromatic amines is 1. The average molecular weight is 319 g/mol. The van der Waals surface area contributed by atoms with Crippen LogP contribution in [0, 0.1) is 19.7 Å². The summed E-state index contributed by atoms with van der Waals surface area (Å²) < 4.78 is 18.4. The van der Waals surface area contributed by atoms with Crippen molar-refractivity contribution in [2.45, 2.75) is 39.7 Å². The normalized spacial score (nSPS) is 13.4. The first-order valence-electron chi connectivity index (χ1n) is 7.58. The minimum atomic E-state index is -0.307. The summed E-state index contributed by atoms with van der Waals surface area (Å²) in [5.74, 6) is -0.102. The van der Waals surface area contributed by atoms with E-state index >= 15 is 0 Å². The van der Waals surface area contributed by atoms with Crippen LogP contribution in [0.1, 0.15) is 36.7 Å². The Hall–Kier alpha value is -2.37. The summed E-state index contributed by atoms with van der Waals surface area (Å²) >= 11 is 0. The Kier molecular flexibility index (Phi) is 5.36. The van der Waals surface area contributed by atoms with Crippen LogP contribution >= 0.6 is 0 Å². The molecule has 0 saturated carbocycles. The molecule has 1 amide bonds. The van der Waals surface area contributed by atoms with E-state index in [0.29, 0.717) is 12.4 Å². The fourth-order valence-electron chi connectivity index (χ4n) is 2.49. The molecule has 1 aromatic carbocycles. The van der Waals surface area contributed by atoms with Crippen molar-refractivity contribution < 1.29 is 13.9 Å². The summed E-state index contributed by atoms with van der Waals surface area (Å²) in [4.78, 5) is 12.4. The van der Waals surface area contributed by atoms with Gasteiger partial charge in [-0.2, -0.15) is 5.10 Å². The lowest BCUT2D eigenvalue weighted by atomic mass is 9.98. The van der Waals surface area contributed by atoms with E-state index in [9.17, 15) is 9.18 Å². The zero-order valence-corrected chi connectivity index (χ0v) is 13.8. The molecule has 2 atom stereocenters. The van der Waals surface area contributed by atoms with Crippen molar-refractivity contribution in [3.05, 3.63) is 47.0 Å². The summed E-state index contributed by atoms with van der Waals surface area (Å²) in [6.45, 7) is 7.81. The van der Waals surface area contributed by atoms with Crippen LogP contribution in [-0.4, -0.2) is 28.8 Å². The second-order valence-corrected chi connectivity index (χ2v) is 5.74. The van der Waals surface area contributed by atoms with Crippen molar-refractivity contribution in [1.82, 2.24) is 15.5 Å². The van der Waals surface area contributed by atoms with E-state index in [4.69, 9.17) is 4.74 Å². The minimum Gasteiger partial charge on any atom is -0.491 e. The number of nitrogens with one attached hydrogen (secondary N) is 2. The monoisotopic (exact) mass is 319 g/mol. The van der Waals surface area contributed by atoms with Crippen LogP contribution < -0.4 is 10.1 Å². The summed E-state index contributed by atoms with van der Waals surface area (Å²) in [6, 6.07) is 5.63. The smallest absolute Gasteiger partial charge is 0.227 e. The molecule has 6 heteroatoms. The third-order valence-corrected chi connectivity index (χ3v) is 3.71. The number of ether oxygens (including phenoxy) is 1. The van der Waals surface area contributed by atoms with Crippen molar-refractivity contribution in [1.29, 1.82) is 0 Å². The number of carbonyl (C=O) groups excluding carboxylic acids is 1. The molecule has 0 radical (unpaired) electrons. The van der Waals surface area contributed by atoms with E-state index in [1.165, 1.54) is 12.1 Å². The van der Waals surface area contributed by atoms with Gasteiger partial charge in [-0.05, 0) is 52.0 Å². The molecule has 1 aromatic heterocycles. The zero-order valence-electron chi connectivity index (χ0n) is 13.8. The molecule has 0 unspecified atom stereocenters. The summed E-state index contributed by atoms with van der Waals surface area (Å²) in [5.41, 5.74) is 2.66. The van der Waals surface area contributed by atoms with Gasteiger partial charge in [-0.15, -0.1) is 0 Å². The highest BCUT2D eigenvalue weighted by atomic mass is 19.1. The quantitative estimate of drug-likeness (QED) is 0.860. The van der Waals surface area contributed by atoms with Crippen molar-refractivity contribution in [3.63, 3.8) is 0 Å². The van der Waals surface area contributed by atoms with E-state index in [2.05, 4.69) is 15.5 Å². The number of rotatable bonds is 6. The number of carbonyl (C=O) groups is 1. The lowest BCUT2D eigenvalue weighted by molar-refractivity contribution is -0.123. The van der Waals surface area contributed by atoms with E-state index < -0.39 is 0 Å². The van der Waals surface area contributed by atoms with Crippen LogP contribution in [0.3, 0.4) is 0 Å². The van der Waals surface area contributed by atoms with Crippen molar-refractivity contribution in [2.24, 2.45) is 0 Å². The number of hydrogen-bond acceptors (Lipinski definition) is 3. The van der Waals surface area contributed by atoms with Crippen LogP contribution in [-0.2, 0) is 4.79 Å². The number of aryl methyl sites for hydroxylation is 2. The molecule has 1 heterocycles. The number of aromatic nitrogens is 2. The molecule has 0 bridgehead atoms. The maximum atomic E-state index is 12.8. The molecule has 0 fully saturated rings. The molecule has 124 valence electrons. The SMILES string of the molecule is Cc1n[nH]c(C)c1[C@H](C)C(=O)N[C@H](C)COc1ccc(F)cc1. The van der Waals surface area contributed by atoms with E-state index in [1.54, 1.807) is 12.1 Å². The molecule has 0 saturated heterocycles. The molecule has 5 nitrogen and oxygen atoms in total. The molecule has 2 rings (SSSR count). The second-order valence-electron chi connectivity index (χ2n) is 5.74. The van der Waals surface area contributed by atoms with Gasteiger partial charge in [-0.25, -0.2) is 4.39 Å². The lowest BCUT2D eigenvalue weighted by Crippen LogP contribution is -2.39. The molecular formula is C17H22FN3O2. The van der Waals surface area contributed by atoms with Crippen LogP contribution in [0.5, 0.6) is 5.75 Å². The summed E-state index contributed by atoms with van der Waals surface area (Å²) in [6.07, 6.45) is 0. The molecule has 2 aromatic rings. The van der Waals surface area contributed by atoms with Gasteiger partial charge in [0, 0.05) is 11.3 Å². The van der Waals surface area contributed by atoms with Crippen LogP contribution in [0.15, 0.2) is 24.3 Å². The number of amides is 1. The predicted molar refractivity (Wildman–Crippen MR) is 86.0 cm³/mol. The Balaban J connectivity index is 1.88. The van der Waals surface area contributed by atoms with Gasteiger partial charge < -0.3 is 10.1 Å². The van der Waals surface area contributed by atoms with Gasteiger partial charge in [-0.3, -0.25) is 9.89 Å². The Morgan fingerprint density at radius 1 is 1.30 bits per heavy atom. The fourth-order valence-corrected chi connectivity index (χ4v) is 2.49. The Bertz CT molecular complexity index is 647. The third-order valence-electron chi connectivity index (χ3n) is 3.71. The van der Waals surface area contributed by atoms with Crippen molar-refractivity contribution in [2.75, 3.05) is 6.61 Å².